The Kier molecular flexibility index (Phi) is 9.47. The summed E-state index contributed by atoms with van der Waals surface area (Å²) in [5.41, 5.74) is 2.85. The summed E-state index contributed by atoms with van der Waals surface area (Å²) in [6.07, 6.45) is 1.49. The van der Waals surface area contributed by atoms with E-state index in [9.17, 15) is 10.1 Å². The van der Waals surface area contributed by atoms with Gasteiger partial charge in [0.25, 0.3) is 5.91 Å². The first kappa shape index (κ1) is 27.6. The molecule has 0 saturated heterocycles. The number of carbonyl (C=O) groups is 1. The van der Waals surface area contributed by atoms with Crippen LogP contribution in [0.1, 0.15) is 16.7 Å². The number of carbonyl (C=O) groups excluding carboxylic acids is 1. The number of halogens is 2. The molecule has 0 saturated carbocycles. The van der Waals surface area contributed by atoms with Crippen LogP contribution in [0, 0.1) is 11.3 Å². The fraction of sp³-hybridized carbons (Fsp3) is 0.0968. The number of ether oxygens (including phenoxy) is 3. The van der Waals surface area contributed by atoms with Gasteiger partial charge in [0.2, 0.25) is 0 Å². The summed E-state index contributed by atoms with van der Waals surface area (Å²) >= 11 is 12.2. The van der Waals surface area contributed by atoms with Gasteiger partial charge in [0.05, 0.1) is 7.11 Å². The van der Waals surface area contributed by atoms with Crippen molar-refractivity contribution < 1.29 is 19.0 Å². The summed E-state index contributed by atoms with van der Waals surface area (Å²) in [5.74, 6) is 1.07. The first-order valence-corrected chi connectivity index (χ1v) is 12.7. The van der Waals surface area contributed by atoms with Crippen molar-refractivity contribution in [2.75, 3.05) is 12.4 Å². The third kappa shape index (κ3) is 7.78. The van der Waals surface area contributed by atoms with Gasteiger partial charge in [0.1, 0.15) is 30.6 Å². The van der Waals surface area contributed by atoms with Crippen molar-refractivity contribution in [2.24, 2.45) is 0 Å². The van der Waals surface area contributed by atoms with E-state index in [0.29, 0.717) is 51.8 Å². The molecule has 0 aliphatic carbocycles. The maximum atomic E-state index is 12.8. The molecule has 196 valence electrons. The highest BCUT2D eigenvalue weighted by atomic mass is 35.5. The molecule has 0 heterocycles. The second-order valence-corrected chi connectivity index (χ2v) is 9.20. The van der Waals surface area contributed by atoms with Crippen LogP contribution < -0.4 is 19.5 Å². The fourth-order valence-electron chi connectivity index (χ4n) is 3.61. The predicted molar refractivity (Wildman–Crippen MR) is 153 cm³/mol. The van der Waals surface area contributed by atoms with Crippen LogP contribution in [0.15, 0.2) is 96.6 Å². The SMILES string of the molecule is COc1cc(/C=C(\C#N)C(=O)Nc2ccc(OCc3ccccc3Cl)cc2)ccc1OCc1cccc(Cl)c1. The minimum atomic E-state index is -0.539. The highest BCUT2D eigenvalue weighted by Crippen LogP contribution is 2.30. The number of nitrogens with one attached hydrogen (secondary N) is 1. The van der Waals surface area contributed by atoms with E-state index in [1.165, 1.54) is 13.2 Å². The van der Waals surface area contributed by atoms with Crippen molar-refractivity contribution >= 4 is 40.9 Å². The van der Waals surface area contributed by atoms with Gasteiger partial charge in [-0.05, 0) is 71.8 Å². The molecular weight excluding hydrogens is 535 g/mol. The van der Waals surface area contributed by atoms with Gasteiger partial charge in [-0.1, -0.05) is 59.6 Å². The molecule has 0 aliphatic heterocycles. The molecular formula is C31H24Cl2N2O4. The van der Waals surface area contributed by atoms with Crippen LogP contribution in [0.4, 0.5) is 5.69 Å². The lowest BCUT2D eigenvalue weighted by molar-refractivity contribution is -0.112. The van der Waals surface area contributed by atoms with E-state index < -0.39 is 5.91 Å². The second-order valence-electron chi connectivity index (χ2n) is 8.36. The van der Waals surface area contributed by atoms with Crippen molar-refractivity contribution in [3.63, 3.8) is 0 Å². The number of nitrogens with zero attached hydrogens (tertiary/aromatic N) is 1. The zero-order valence-corrected chi connectivity index (χ0v) is 22.5. The van der Waals surface area contributed by atoms with Gasteiger partial charge < -0.3 is 19.5 Å². The van der Waals surface area contributed by atoms with Crippen LogP contribution in [0.5, 0.6) is 17.2 Å². The Bertz CT molecular complexity index is 1530. The van der Waals surface area contributed by atoms with Gasteiger partial charge in [-0.25, -0.2) is 0 Å². The highest BCUT2D eigenvalue weighted by Gasteiger charge is 2.12. The molecule has 1 N–H and O–H groups in total. The normalized spacial score (nSPS) is 10.9. The number of rotatable bonds is 10. The van der Waals surface area contributed by atoms with Crippen molar-refractivity contribution in [1.82, 2.24) is 0 Å². The topological polar surface area (TPSA) is 80.6 Å². The van der Waals surface area contributed by atoms with Crippen molar-refractivity contribution in [2.45, 2.75) is 13.2 Å². The lowest BCUT2D eigenvalue weighted by Crippen LogP contribution is -2.13. The number of methoxy groups -OCH3 is 1. The van der Waals surface area contributed by atoms with Gasteiger partial charge in [-0.15, -0.1) is 0 Å². The lowest BCUT2D eigenvalue weighted by atomic mass is 10.1. The average molecular weight is 559 g/mol. The molecule has 6 nitrogen and oxygen atoms in total. The first-order valence-electron chi connectivity index (χ1n) is 11.9. The minimum Gasteiger partial charge on any atom is -0.493 e. The van der Waals surface area contributed by atoms with Crippen LogP contribution in [0.25, 0.3) is 6.08 Å². The number of amides is 1. The van der Waals surface area contributed by atoms with E-state index in [2.05, 4.69) is 5.32 Å². The second kappa shape index (κ2) is 13.4. The van der Waals surface area contributed by atoms with E-state index in [0.717, 1.165) is 11.1 Å². The number of hydrogen-bond acceptors (Lipinski definition) is 5. The number of nitriles is 1. The number of anilines is 1. The Balaban J connectivity index is 1.38. The van der Waals surface area contributed by atoms with Gasteiger partial charge >= 0.3 is 0 Å². The quantitative estimate of drug-likeness (QED) is 0.159. The smallest absolute Gasteiger partial charge is 0.266 e. The first-order chi connectivity index (χ1) is 18.9. The van der Waals surface area contributed by atoms with Crippen LogP contribution in [0.2, 0.25) is 10.0 Å². The third-order valence-corrected chi connectivity index (χ3v) is 6.22. The fourth-order valence-corrected chi connectivity index (χ4v) is 4.01. The van der Waals surface area contributed by atoms with Crippen LogP contribution in [-0.2, 0) is 18.0 Å². The van der Waals surface area contributed by atoms with Crippen LogP contribution in [-0.4, -0.2) is 13.0 Å². The molecule has 0 aromatic heterocycles. The monoisotopic (exact) mass is 558 g/mol. The van der Waals surface area contributed by atoms with Gasteiger partial charge in [0, 0.05) is 21.3 Å². The summed E-state index contributed by atoms with van der Waals surface area (Å²) in [7, 11) is 1.52. The van der Waals surface area contributed by atoms with Gasteiger partial charge in [-0.3, -0.25) is 4.79 Å². The van der Waals surface area contributed by atoms with Gasteiger partial charge in [-0.2, -0.15) is 5.26 Å². The molecule has 4 aromatic rings. The van der Waals surface area contributed by atoms with Crippen molar-refractivity contribution in [3.8, 4) is 23.3 Å². The average Bonchev–Trinajstić information content (AvgIpc) is 2.95. The molecule has 8 heteroatoms. The largest absolute Gasteiger partial charge is 0.493 e. The summed E-state index contributed by atoms with van der Waals surface area (Å²) in [5, 5.41) is 13.6. The molecule has 0 bridgehead atoms. The summed E-state index contributed by atoms with van der Waals surface area (Å²) in [4.78, 5) is 12.8. The molecule has 0 unspecified atom stereocenters. The molecule has 4 rings (SSSR count). The molecule has 0 fully saturated rings. The molecule has 1 amide bonds. The van der Waals surface area contributed by atoms with E-state index >= 15 is 0 Å². The Morgan fingerprint density at radius 2 is 1.69 bits per heavy atom. The summed E-state index contributed by atoms with van der Waals surface area (Å²) in [6.45, 7) is 0.627. The molecule has 39 heavy (non-hydrogen) atoms. The van der Waals surface area contributed by atoms with E-state index in [-0.39, 0.29) is 5.57 Å². The molecule has 0 radical (unpaired) electrons. The standard InChI is InChI=1S/C31H24Cl2N2O4/c1-37-30-17-21(9-14-29(30)39-19-22-5-4-7-25(32)16-22)15-24(18-34)31(36)35-26-10-12-27(13-11-26)38-20-23-6-2-3-8-28(23)33/h2-17H,19-20H2,1H3,(H,35,36)/b24-15+. The van der Waals surface area contributed by atoms with Gasteiger partial charge in [0.15, 0.2) is 11.5 Å². The minimum absolute atomic E-state index is 0.0660. The molecule has 0 aliphatic rings. The zero-order valence-electron chi connectivity index (χ0n) is 21.0. The van der Waals surface area contributed by atoms with Crippen LogP contribution in [0.3, 0.4) is 0 Å². The molecule has 0 atom stereocenters. The summed E-state index contributed by atoms with van der Waals surface area (Å²) in [6, 6.07) is 28.8. The Labute approximate surface area is 237 Å². The zero-order chi connectivity index (χ0) is 27.6. The Morgan fingerprint density at radius 1 is 0.897 bits per heavy atom. The Morgan fingerprint density at radius 3 is 2.41 bits per heavy atom. The van der Waals surface area contributed by atoms with E-state index in [4.69, 9.17) is 37.4 Å². The predicted octanol–water partition coefficient (Wildman–Crippen LogP) is 7.71. The van der Waals surface area contributed by atoms with Crippen LogP contribution >= 0.6 is 23.2 Å². The maximum absolute atomic E-state index is 12.8. The van der Waals surface area contributed by atoms with E-state index in [1.807, 2.05) is 42.5 Å². The summed E-state index contributed by atoms with van der Waals surface area (Å²) < 4.78 is 17.1. The number of benzene rings is 4. The maximum Gasteiger partial charge on any atom is 0.266 e. The van der Waals surface area contributed by atoms with E-state index in [1.54, 1.807) is 54.6 Å². The highest BCUT2D eigenvalue weighted by molar-refractivity contribution is 6.31. The number of hydrogen-bond donors (Lipinski definition) is 1. The van der Waals surface area contributed by atoms with Crippen molar-refractivity contribution in [3.05, 3.63) is 123 Å². The molecule has 0 spiro atoms. The third-order valence-electron chi connectivity index (χ3n) is 5.61. The lowest BCUT2D eigenvalue weighted by Gasteiger charge is -2.12. The molecule has 4 aromatic carbocycles. The Hall–Kier alpha value is -4.44. The van der Waals surface area contributed by atoms with Crippen molar-refractivity contribution in [1.29, 1.82) is 5.26 Å².